The number of aryl methyl sites for hydroxylation is 1. The lowest BCUT2D eigenvalue weighted by atomic mass is 9.93. The molecule has 0 aliphatic rings. The molecule has 0 saturated heterocycles. The van der Waals surface area contributed by atoms with Crippen LogP contribution in [-0.2, 0) is 6.42 Å². The van der Waals surface area contributed by atoms with Crippen molar-refractivity contribution in [3.63, 3.8) is 0 Å². The molecule has 0 heteroatoms. The average molecular weight is 190 g/mol. The Kier molecular flexibility index (Phi) is 4.72. The summed E-state index contributed by atoms with van der Waals surface area (Å²) in [6.45, 7) is 6.97. The zero-order chi connectivity index (χ0) is 10.4. The van der Waals surface area contributed by atoms with Crippen molar-refractivity contribution in [2.45, 2.75) is 40.0 Å². The standard InChI is InChI=1S/C14H22/c1-12(2)11-13(3)9-10-14-7-5-4-6-8-14/h4-8,12-13H,9-11H2,1-3H3. The quantitative estimate of drug-likeness (QED) is 0.649. The lowest BCUT2D eigenvalue weighted by Gasteiger charge is -2.13. The molecule has 0 saturated carbocycles. The van der Waals surface area contributed by atoms with Crippen LogP contribution in [0.2, 0.25) is 0 Å². The minimum Gasteiger partial charge on any atom is -0.0628 e. The molecular weight excluding hydrogens is 168 g/mol. The first-order chi connectivity index (χ1) is 6.68. The fourth-order valence-corrected chi connectivity index (χ4v) is 1.98. The van der Waals surface area contributed by atoms with Gasteiger partial charge in [-0.25, -0.2) is 0 Å². The van der Waals surface area contributed by atoms with Crippen molar-refractivity contribution in [1.29, 1.82) is 0 Å². The van der Waals surface area contributed by atoms with Crippen molar-refractivity contribution in [3.05, 3.63) is 35.9 Å². The number of hydrogen-bond donors (Lipinski definition) is 0. The molecule has 0 amide bonds. The minimum atomic E-state index is 0.834. The highest BCUT2D eigenvalue weighted by Crippen LogP contribution is 2.17. The molecule has 0 aromatic heterocycles. The van der Waals surface area contributed by atoms with Crippen LogP contribution in [-0.4, -0.2) is 0 Å². The largest absolute Gasteiger partial charge is 0.0628 e. The van der Waals surface area contributed by atoms with Gasteiger partial charge in [-0.3, -0.25) is 0 Å². The van der Waals surface area contributed by atoms with Gasteiger partial charge in [-0.2, -0.15) is 0 Å². The number of rotatable bonds is 5. The van der Waals surface area contributed by atoms with Crippen LogP contribution in [0.15, 0.2) is 30.3 Å². The van der Waals surface area contributed by atoms with Gasteiger partial charge in [0.25, 0.3) is 0 Å². The lowest BCUT2D eigenvalue weighted by Crippen LogP contribution is -2.01. The highest BCUT2D eigenvalue weighted by molar-refractivity contribution is 5.14. The van der Waals surface area contributed by atoms with E-state index in [0.29, 0.717) is 0 Å². The topological polar surface area (TPSA) is 0 Å². The molecule has 1 aromatic carbocycles. The molecule has 0 nitrogen and oxygen atoms in total. The molecule has 0 N–H and O–H groups in total. The average Bonchev–Trinajstić information content (AvgIpc) is 2.15. The van der Waals surface area contributed by atoms with E-state index in [0.717, 1.165) is 11.8 Å². The molecule has 78 valence electrons. The van der Waals surface area contributed by atoms with E-state index in [1.165, 1.54) is 24.8 Å². The van der Waals surface area contributed by atoms with E-state index in [9.17, 15) is 0 Å². The molecule has 0 heterocycles. The predicted octanol–water partition coefficient (Wildman–Crippen LogP) is 4.30. The summed E-state index contributed by atoms with van der Waals surface area (Å²) in [6.07, 6.45) is 3.91. The van der Waals surface area contributed by atoms with Gasteiger partial charge in [0.05, 0.1) is 0 Å². The van der Waals surface area contributed by atoms with Crippen LogP contribution < -0.4 is 0 Å². The summed E-state index contributed by atoms with van der Waals surface area (Å²) in [4.78, 5) is 0. The molecule has 1 aromatic rings. The number of benzene rings is 1. The van der Waals surface area contributed by atoms with E-state index < -0.39 is 0 Å². The molecule has 0 spiro atoms. The third-order valence-electron chi connectivity index (χ3n) is 2.64. The molecule has 1 atom stereocenters. The predicted molar refractivity (Wildman–Crippen MR) is 63.4 cm³/mol. The van der Waals surface area contributed by atoms with Crippen LogP contribution in [0.4, 0.5) is 0 Å². The van der Waals surface area contributed by atoms with Crippen LogP contribution in [0.5, 0.6) is 0 Å². The van der Waals surface area contributed by atoms with Crippen molar-refractivity contribution >= 4 is 0 Å². The molecular formula is C14H22. The Labute approximate surface area is 88.4 Å². The van der Waals surface area contributed by atoms with E-state index in [-0.39, 0.29) is 0 Å². The second-order valence-electron chi connectivity index (χ2n) is 4.76. The molecule has 0 aliphatic heterocycles. The summed E-state index contributed by atoms with van der Waals surface area (Å²) in [7, 11) is 0. The van der Waals surface area contributed by atoms with Crippen molar-refractivity contribution in [2.24, 2.45) is 11.8 Å². The van der Waals surface area contributed by atoms with E-state index in [1.807, 2.05) is 0 Å². The first kappa shape index (κ1) is 11.3. The Morgan fingerprint density at radius 1 is 1.00 bits per heavy atom. The Morgan fingerprint density at radius 2 is 1.64 bits per heavy atom. The summed E-state index contributed by atoms with van der Waals surface area (Å²) in [5.74, 6) is 1.69. The Bertz CT molecular complexity index is 235. The fraction of sp³-hybridized carbons (Fsp3) is 0.571. The SMILES string of the molecule is CC(C)CC(C)CCc1ccccc1. The van der Waals surface area contributed by atoms with Crippen LogP contribution >= 0.6 is 0 Å². The molecule has 0 fully saturated rings. The summed E-state index contributed by atoms with van der Waals surface area (Å²) in [5, 5.41) is 0. The molecule has 14 heavy (non-hydrogen) atoms. The van der Waals surface area contributed by atoms with Gasteiger partial charge >= 0.3 is 0 Å². The fourth-order valence-electron chi connectivity index (χ4n) is 1.98. The van der Waals surface area contributed by atoms with Crippen LogP contribution in [0.25, 0.3) is 0 Å². The van der Waals surface area contributed by atoms with Gasteiger partial charge < -0.3 is 0 Å². The Morgan fingerprint density at radius 3 is 2.21 bits per heavy atom. The Balaban J connectivity index is 2.27. The van der Waals surface area contributed by atoms with Crippen molar-refractivity contribution < 1.29 is 0 Å². The van der Waals surface area contributed by atoms with E-state index in [4.69, 9.17) is 0 Å². The lowest BCUT2D eigenvalue weighted by molar-refractivity contribution is 0.415. The third kappa shape index (κ3) is 4.45. The zero-order valence-corrected chi connectivity index (χ0v) is 9.66. The van der Waals surface area contributed by atoms with Crippen LogP contribution in [0, 0.1) is 11.8 Å². The summed E-state index contributed by atoms with van der Waals surface area (Å²) < 4.78 is 0. The van der Waals surface area contributed by atoms with Gasteiger partial charge in [0, 0.05) is 0 Å². The zero-order valence-electron chi connectivity index (χ0n) is 9.66. The molecule has 0 bridgehead atoms. The van der Waals surface area contributed by atoms with E-state index in [1.54, 1.807) is 0 Å². The van der Waals surface area contributed by atoms with E-state index in [2.05, 4.69) is 51.1 Å². The maximum atomic E-state index is 2.36. The first-order valence-electron chi connectivity index (χ1n) is 5.72. The first-order valence-corrected chi connectivity index (χ1v) is 5.72. The minimum absolute atomic E-state index is 0.834. The van der Waals surface area contributed by atoms with Gasteiger partial charge in [0.15, 0.2) is 0 Å². The molecule has 0 radical (unpaired) electrons. The monoisotopic (exact) mass is 190 g/mol. The van der Waals surface area contributed by atoms with Gasteiger partial charge in [-0.15, -0.1) is 0 Å². The highest BCUT2D eigenvalue weighted by Gasteiger charge is 2.04. The number of hydrogen-bond acceptors (Lipinski definition) is 0. The summed E-state index contributed by atoms with van der Waals surface area (Å²) in [6, 6.07) is 10.8. The second-order valence-corrected chi connectivity index (χ2v) is 4.76. The smallest absolute Gasteiger partial charge is 0.0276 e. The van der Waals surface area contributed by atoms with Crippen LogP contribution in [0.3, 0.4) is 0 Å². The van der Waals surface area contributed by atoms with Gasteiger partial charge in [0.2, 0.25) is 0 Å². The van der Waals surface area contributed by atoms with Gasteiger partial charge in [-0.1, -0.05) is 51.1 Å². The van der Waals surface area contributed by atoms with Crippen molar-refractivity contribution in [1.82, 2.24) is 0 Å². The van der Waals surface area contributed by atoms with E-state index >= 15 is 0 Å². The molecule has 0 aliphatic carbocycles. The third-order valence-corrected chi connectivity index (χ3v) is 2.64. The molecule has 1 unspecified atom stereocenters. The van der Waals surface area contributed by atoms with Gasteiger partial charge in [-0.05, 0) is 36.7 Å². The van der Waals surface area contributed by atoms with Crippen molar-refractivity contribution in [2.75, 3.05) is 0 Å². The second kappa shape index (κ2) is 5.85. The maximum absolute atomic E-state index is 2.36. The van der Waals surface area contributed by atoms with Crippen LogP contribution in [0.1, 0.15) is 39.2 Å². The van der Waals surface area contributed by atoms with Crippen molar-refractivity contribution in [3.8, 4) is 0 Å². The Hall–Kier alpha value is -0.780. The highest BCUT2D eigenvalue weighted by atomic mass is 14.1. The van der Waals surface area contributed by atoms with Gasteiger partial charge in [0.1, 0.15) is 0 Å². The normalized spacial score (nSPS) is 13.1. The summed E-state index contributed by atoms with van der Waals surface area (Å²) >= 11 is 0. The molecule has 1 rings (SSSR count). The summed E-state index contributed by atoms with van der Waals surface area (Å²) in [5.41, 5.74) is 1.48. The maximum Gasteiger partial charge on any atom is -0.0276 e.